The van der Waals surface area contributed by atoms with Gasteiger partial charge in [-0.3, -0.25) is 0 Å². The molecule has 1 unspecified atom stereocenters. The van der Waals surface area contributed by atoms with Crippen molar-refractivity contribution in [3.63, 3.8) is 0 Å². The van der Waals surface area contributed by atoms with Gasteiger partial charge in [-0.15, -0.1) is 0 Å². The van der Waals surface area contributed by atoms with E-state index in [-0.39, 0.29) is 17.2 Å². The number of ether oxygens (including phenoxy) is 1. The molecular weight excluding hydrogens is 380 g/mol. The first-order chi connectivity index (χ1) is 13.9. The lowest BCUT2D eigenvalue weighted by atomic mass is 9.64. The van der Waals surface area contributed by atoms with Gasteiger partial charge < -0.3 is 4.74 Å². The van der Waals surface area contributed by atoms with Crippen molar-refractivity contribution in [1.82, 2.24) is 0 Å². The predicted molar refractivity (Wildman–Crippen MR) is 105 cm³/mol. The molecule has 0 N–H and O–H groups in total. The monoisotopic (exact) mass is 406 g/mol. The Morgan fingerprint density at radius 1 is 0.862 bits per heavy atom. The van der Waals surface area contributed by atoms with Crippen LogP contribution in [0.25, 0.3) is 11.1 Å². The van der Waals surface area contributed by atoms with Crippen molar-refractivity contribution in [3.8, 4) is 16.9 Å². The molecule has 1 nitrogen and oxygen atoms in total. The van der Waals surface area contributed by atoms with E-state index in [2.05, 4.69) is 11.7 Å². The summed E-state index contributed by atoms with van der Waals surface area (Å²) in [6.07, 6.45) is 6.88. The Labute approximate surface area is 169 Å². The van der Waals surface area contributed by atoms with Crippen molar-refractivity contribution in [2.24, 2.45) is 17.8 Å². The van der Waals surface area contributed by atoms with Crippen molar-refractivity contribution in [2.75, 3.05) is 0 Å². The highest BCUT2D eigenvalue weighted by Crippen LogP contribution is 2.48. The highest BCUT2D eigenvalue weighted by molar-refractivity contribution is 5.66. The summed E-state index contributed by atoms with van der Waals surface area (Å²) in [5.41, 5.74) is 0.911. The Morgan fingerprint density at radius 3 is 2.14 bits per heavy atom. The Balaban J connectivity index is 1.53. The third kappa shape index (κ3) is 4.44. The number of halogens is 4. The molecular formula is C24H26F4O. The summed E-state index contributed by atoms with van der Waals surface area (Å²) in [5.74, 6) is 1.16. The second-order valence-corrected chi connectivity index (χ2v) is 8.71. The van der Waals surface area contributed by atoms with E-state index < -0.39 is 18.2 Å². The third-order valence-corrected chi connectivity index (χ3v) is 6.78. The molecule has 0 saturated heterocycles. The summed E-state index contributed by atoms with van der Waals surface area (Å²) in [7, 11) is 0. The zero-order valence-corrected chi connectivity index (χ0v) is 16.5. The largest absolute Gasteiger partial charge is 0.435 e. The molecule has 0 spiro atoms. The minimum absolute atomic E-state index is 0.0419. The number of alkyl halides is 2. The van der Waals surface area contributed by atoms with E-state index >= 15 is 0 Å². The molecule has 2 saturated carbocycles. The van der Waals surface area contributed by atoms with E-state index in [4.69, 9.17) is 0 Å². The molecule has 4 rings (SSSR count). The van der Waals surface area contributed by atoms with Gasteiger partial charge in [0.2, 0.25) is 0 Å². The average Bonchev–Trinajstić information content (AvgIpc) is 2.68. The van der Waals surface area contributed by atoms with Gasteiger partial charge in [0.15, 0.2) is 0 Å². The molecule has 156 valence electrons. The summed E-state index contributed by atoms with van der Waals surface area (Å²) in [6, 6.07) is 8.29. The molecule has 29 heavy (non-hydrogen) atoms. The minimum atomic E-state index is -2.93. The van der Waals surface area contributed by atoms with E-state index in [0.717, 1.165) is 36.7 Å². The molecule has 2 fully saturated rings. The van der Waals surface area contributed by atoms with Gasteiger partial charge >= 0.3 is 6.61 Å². The number of fused-ring (bicyclic) bond motifs is 1. The van der Waals surface area contributed by atoms with Gasteiger partial charge in [0.1, 0.15) is 17.4 Å². The Kier molecular flexibility index (Phi) is 5.84. The lowest BCUT2D eigenvalue weighted by Gasteiger charge is -2.41. The van der Waals surface area contributed by atoms with Crippen molar-refractivity contribution in [2.45, 2.75) is 58.0 Å². The van der Waals surface area contributed by atoms with Crippen LogP contribution in [0.2, 0.25) is 0 Å². The lowest BCUT2D eigenvalue weighted by Crippen LogP contribution is -2.29. The summed E-state index contributed by atoms with van der Waals surface area (Å²) < 4.78 is 58.6. The van der Waals surface area contributed by atoms with Crippen LogP contribution in [0.4, 0.5) is 17.6 Å². The van der Waals surface area contributed by atoms with Crippen LogP contribution in [0.1, 0.15) is 56.9 Å². The van der Waals surface area contributed by atoms with Crippen molar-refractivity contribution < 1.29 is 22.3 Å². The predicted octanol–water partition coefficient (Wildman–Crippen LogP) is 7.55. The SMILES string of the molecule is CC1CC[C@@H]2C[C@H](c3cc(F)c(-c4ccc(OC(F)F)cc4)c(F)c3)CC[C@@H]2C1. The number of benzene rings is 2. The van der Waals surface area contributed by atoms with Gasteiger partial charge in [-0.1, -0.05) is 25.5 Å². The van der Waals surface area contributed by atoms with Crippen molar-refractivity contribution >= 4 is 0 Å². The van der Waals surface area contributed by atoms with Crippen LogP contribution < -0.4 is 4.74 Å². The zero-order chi connectivity index (χ0) is 20.5. The molecule has 2 aromatic carbocycles. The van der Waals surface area contributed by atoms with Crippen LogP contribution in [0.3, 0.4) is 0 Å². The van der Waals surface area contributed by atoms with Crippen LogP contribution in [-0.4, -0.2) is 6.61 Å². The Morgan fingerprint density at radius 2 is 1.48 bits per heavy atom. The van der Waals surface area contributed by atoms with Crippen LogP contribution in [0.15, 0.2) is 36.4 Å². The summed E-state index contributed by atoms with van der Waals surface area (Å²) in [5, 5.41) is 0. The quantitative estimate of drug-likeness (QED) is 0.476. The van der Waals surface area contributed by atoms with Gasteiger partial charge in [0.25, 0.3) is 0 Å². The molecule has 0 radical (unpaired) electrons. The summed E-state index contributed by atoms with van der Waals surface area (Å²) in [6.45, 7) is -0.617. The number of hydrogen-bond donors (Lipinski definition) is 0. The average molecular weight is 406 g/mol. The van der Waals surface area contributed by atoms with Crippen LogP contribution >= 0.6 is 0 Å². The normalized spacial score (nSPS) is 27.0. The second-order valence-electron chi connectivity index (χ2n) is 8.71. The van der Waals surface area contributed by atoms with E-state index in [1.54, 1.807) is 0 Å². The maximum atomic E-state index is 14.9. The lowest BCUT2D eigenvalue weighted by molar-refractivity contribution is -0.0498. The van der Waals surface area contributed by atoms with Gasteiger partial charge in [-0.05, 0) is 91.2 Å². The smallest absolute Gasteiger partial charge is 0.387 e. The fraction of sp³-hybridized carbons (Fsp3) is 0.500. The van der Waals surface area contributed by atoms with Crippen molar-refractivity contribution in [3.05, 3.63) is 53.6 Å². The van der Waals surface area contributed by atoms with Gasteiger partial charge in [-0.25, -0.2) is 8.78 Å². The molecule has 2 aliphatic rings. The van der Waals surface area contributed by atoms with Gasteiger partial charge in [0.05, 0.1) is 5.56 Å². The highest BCUT2D eigenvalue weighted by Gasteiger charge is 2.35. The first kappa shape index (κ1) is 20.2. The minimum Gasteiger partial charge on any atom is -0.435 e. The summed E-state index contributed by atoms with van der Waals surface area (Å²) >= 11 is 0. The Hall–Kier alpha value is -2.04. The highest BCUT2D eigenvalue weighted by atomic mass is 19.3. The molecule has 2 aromatic rings. The zero-order valence-electron chi connectivity index (χ0n) is 16.5. The number of rotatable bonds is 4. The van der Waals surface area contributed by atoms with E-state index in [1.807, 2.05) is 0 Å². The van der Waals surface area contributed by atoms with E-state index in [9.17, 15) is 17.6 Å². The molecule has 0 bridgehead atoms. The van der Waals surface area contributed by atoms with Crippen molar-refractivity contribution in [1.29, 1.82) is 0 Å². The van der Waals surface area contributed by atoms with Crippen LogP contribution in [0.5, 0.6) is 5.75 Å². The topological polar surface area (TPSA) is 9.23 Å². The fourth-order valence-corrected chi connectivity index (χ4v) is 5.33. The van der Waals surface area contributed by atoms with Gasteiger partial charge in [0, 0.05) is 0 Å². The van der Waals surface area contributed by atoms with Gasteiger partial charge in [-0.2, -0.15) is 8.78 Å². The maximum Gasteiger partial charge on any atom is 0.387 e. The molecule has 0 heterocycles. The number of hydrogen-bond acceptors (Lipinski definition) is 1. The standard InChI is InChI=1S/C24H26F4O/c1-14-2-3-17-11-18(5-4-16(17)10-14)19-12-21(25)23(22(26)13-19)15-6-8-20(9-7-15)29-24(27)28/h6-9,12-14,16-18,24H,2-5,10-11H2,1H3/t14?,16-,17-,18-/m1/s1. The second kappa shape index (κ2) is 8.37. The fourth-order valence-electron chi connectivity index (χ4n) is 5.33. The van der Waals surface area contributed by atoms with Crippen LogP contribution in [0, 0.1) is 29.4 Å². The Bertz CT molecular complexity index is 825. The molecule has 4 atom stereocenters. The molecule has 5 heteroatoms. The van der Waals surface area contributed by atoms with E-state index in [0.29, 0.717) is 11.5 Å². The maximum absolute atomic E-state index is 14.9. The van der Waals surface area contributed by atoms with E-state index in [1.165, 1.54) is 55.7 Å². The molecule has 0 aliphatic heterocycles. The molecule has 2 aliphatic carbocycles. The first-order valence-corrected chi connectivity index (χ1v) is 10.4. The van der Waals surface area contributed by atoms with Crippen LogP contribution in [-0.2, 0) is 0 Å². The third-order valence-electron chi connectivity index (χ3n) is 6.78. The first-order valence-electron chi connectivity index (χ1n) is 10.4. The molecule has 0 amide bonds. The summed E-state index contributed by atoms with van der Waals surface area (Å²) in [4.78, 5) is 0. The molecule has 0 aromatic heterocycles.